The zero-order valence-electron chi connectivity index (χ0n) is 21.9. The summed E-state index contributed by atoms with van der Waals surface area (Å²) in [5.41, 5.74) is 4.77. The topological polar surface area (TPSA) is 106 Å². The summed E-state index contributed by atoms with van der Waals surface area (Å²) < 4.78 is 27.5. The van der Waals surface area contributed by atoms with Crippen LogP contribution in [0.25, 0.3) is 0 Å². The van der Waals surface area contributed by atoms with E-state index in [-0.39, 0.29) is 6.54 Å². The van der Waals surface area contributed by atoms with Crippen LogP contribution in [0, 0.1) is 6.92 Å². The fraction of sp³-hybridized carbons (Fsp3) is 0.385. The number of rotatable bonds is 10. The van der Waals surface area contributed by atoms with Gasteiger partial charge in [0.15, 0.2) is 0 Å². The van der Waals surface area contributed by atoms with Crippen molar-refractivity contribution in [2.75, 3.05) is 62.4 Å². The maximum absolute atomic E-state index is 11.9. The van der Waals surface area contributed by atoms with Crippen LogP contribution in [0.1, 0.15) is 18.1 Å². The zero-order chi connectivity index (χ0) is 26.4. The third-order valence-corrected chi connectivity index (χ3v) is 7.91. The van der Waals surface area contributed by atoms with Gasteiger partial charge >= 0.3 is 0 Å². The first-order valence-electron chi connectivity index (χ1n) is 12.4. The van der Waals surface area contributed by atoms with Crippen molar-refractivity contribution >= 4 is 39.0 Å². The number of likely N-dealkylation sites (N-methyl/N-ethyl adjacent to an activating group) is 1. The Hall–Kier alpha value is -3.25. The number of nitrogens with zero attached hydrogens (tertiary/aromatic N) is 5. The van der Waals surface area contributed by atoms with E-state index in [2.05, 4.69) is 66.3 Å². The monoisotopic (exact) mass is 524 g/mol. The minimum atomic E-state index is -3.46. The van der Waals surface area contributed by atoms with E-state index in [4.69, 9.17) is 0 Å². The molecule has 11 heteroatoms. The number of nitrogens with one attached hydrogen (secondary N) is 3. The van der Waals surface area contributed by atoms with Gasteiger partial charge in [0.25, 0.3) is 10.2 Å². The maximum atomic E-state index is 11.9. The van der Waals surface area contributed by atoms with Gasteiger partial charge in [0.05, 0.1) is 0 Å². The molecule has 2 heterocycles. The molecule has 0 spiro atoms. The number of hydrogen-bond acceptors (Lipinski definition) is 8. The number of hydrogen-bond donors (Lipinski definition) is 3. The minimum absolute atomic E-state index is 0.217. The van der Waals surface area contributed by atoms with Crippen molar-refractivity contribution in [2.24, 2.45) is 0 Å². The molecule has 0 radical (unpaired) electrons. The molecule has 0 saturated carbocycles. The highest BCUT2D eigenvalue weighted by Gasteiger charge is 2.16. The van der Waals surface area contributed by atoms with Crippen molar-refractivity contribution in [3.63, 3.8) is 0 Å². The Morgan fingerprint density at radius 1 is 0.919 bits per heavy atom. The summed E-state index contributed by atoms with van der Waals surface area (Å²) in [5.74, 6) is 1.20. The van der Waals surface area contributed by atoms with Crippen LogP contribution in [0.2, 0.25) is 0 Å². The van der Waals surface area contributed by atoms with E-state index in [1.165, 1.54) is 19.8 Å². The summed E-state index contributed by atoms with van der Waals surface area (Å²) >= 11 is 0. The molecule has 1 aliphatic heterocycles. The fourth-order valence-corrected chi connectivity index (χ4v) is 4.59. The molecule has 0 amide bonds. The highest BCUT2D eigenvalue weighted by molar-refractivity contribution is 7.87. The van der Waals surface area contributed by atoms with E-state index in [0.29, 0.717) is 11.8 Å². The normalized spacial score (nSPS) is 14.7. The molecular formula is C26H36N8O2S. The average Bonchev–Trinajstić information content (AvgIpc) is 2.90. The van der Waals surface area contributed by atoms with Crippen LogP contribution in [-0.2, 0) is 16.8 Å². The molecular weight excluding hydrogens is 488 g/mol. The number of benzene rings is 2. The third-order valence-electron chi connectivity index (χ3n) is 6.44. The van der Waals surface area contributed by atoms with E-state index in [1.54, 1.807) is 6.20 Å². The SMILES string of the molecule is CCN1CCN(c2ccc(Nc3ncc(C)c(Nc4ccc(CNS(=O)(=O)N(C)C)cc4)n3)cc2)CC1. The van der Waals surface area contributed by atoms with E-state index in [9.17, 15) is 8.42 Å². The Morgan fingerprint density at radius 2 is 1.54 bits per heavy atom. The summed E-state index contributed by atoms with van der Waals surface area (Å²) in [4.78, 5) is 14.0. The van der Waals surface area contributed by atoms with E-state index in [0.717, 1.165) is 59.5 Å². The second-order valence-corrected chi connectivity index (χ2v) is 11.2. The Balaban J connectivity index is 1.36. The Labute approximate surface area is 219 Å². The van der Waals surface area contributed by atoms with Crippen LogP contribution in [0.5, 0.6) is 0 Å². The second-order valence-electron chi connectivity index (χ2n) is 9.25. The Bertz CT molecular complexity index is 1270. The highest BCUT2D eigenvalue weighted by Crippen LogP contribution is 2.24. The molecule has 3 N–H and O–H groups in total. The third kappa shape index (κ3) is 7.16. The molecule has 0 atom stereocenters. The first-order valence-corrected chi connectivity index (χ1v) is 13.9. The average molecular weight is 525 g/mol. The second kappa shape index (κ2) is 11.9. The zero-order valence-corrected chi connectivity index (χ0v) is 22.7. The van der Waals surface area contributed by atoms with Crippen LogP contribution >= 0.6 is 0 Å². The molecule has 0 unspecified atom stereocenters. The predicted octanol–water partition coefficient (Wildman–Crippen LogP) is 3.31. The summed E-state index contributed by atoms with van der Waals surface area (Å²) in [6.45, 7) is 9.77. The Kier molecular flexibility index (Phi) is 8.59. The quantitative estimate of drug-likeness (QED) is 0.371. The largest absolute Gasteiger partial charge is 0.369 e. The summed E-state index contributed by atoms with van der Waals surface area (Å²) in [6.07, 6.45) is 1.78. The maximum Gasteiger partial charge on any atom is 0.279 e. The molecule has 198 valence electrons. The standard InChI is InChI=1S/C26H36N8O2S/c1-5-33-14-16-34(17-15-33)24-12-10-23(11-13-24)30-26-27-18-20(2)25(31-26)29-22-8-6-21(7-9-22)19-28-37(35,36)32(3)4/h6-13,18,28H,5,14-17,19H2,1-4H3,(H2,27,29,30,31). The van der Waals surface area contributed by atoms with E-state index in [1.807, 2.05) is 31.2 Å². The minimum Gasteiger partial charge on any atom is -0.369 e. The number of anilines is 5. The van der Waals surface area contributed by atoms with Gasteiger partial charge in [-0.05, 0) is 55.4 Å². The molecule has 4 rings (SSSR count). The fourth-order valence-electron chi connectivity index (χ4n) is 3.98. The van der Waals surface area contributed by atoms with Gasteiger partial charge in [0, 0.05) is 75.6 Å². The van der Waals surface area contributed by atoms with Crippen LogP contribution in [0.15, 0.2) is 54.7 Å². The van der Waals surface area contributed by atoms with Crippen molar-refractivity contribution in [3.05, 3.63) is 65.9 Å². The lowest BCUT2D eigenvalue weighted by Gasteiger charge is -2.35. The lowest BCUT2D eigenvalue weighted by molar-refractivity contribution is 0.271. The molecule has 2 aromatic carbocycles. The van der Waals surface area contributed by atoms with Crippen LogP contribution in [0.4, 0.5) is 28.8 Å². The molecule has 1 saturated heterocycles. The van der Waals surface area contributed by atoms with Gasteiger partial charge in [-0.1, -0.05) is 19.1 Å². The molecule has 0 aliphatic carbocycles. The molecule has 37 heavy (non-hydrogen) atoms. The summed E-state index contributed by atoms with van der Waals surface area (Å²) in [5, 5.41) is 6.62. The molecule has 1 fully saturated rings. The smallest absolute Gasteiger partial charge is 0.279 e. The first kappa shape index (κ1) is 26.8. The molecule has 10 nitrogen and oxygen atoms in total. The van der Waals surface area contributed by atoms with Gasteiger partial charge in [-0.25, -0.2) is 4.98 Å². The Morgan fingerprint density at radius 3 is 2.16 bits per heavy atom. The molecule has 1 aliphatic rings. The van der Waals surface area contributed by atoms with Crippen LogP contribution in [-0.4, -0.2) is 74.4 Å². The summed E-state index contributed by atoms with van der Waals surface area (Å²) in [7, 11) is -0.477. The van der Waals surface area contributed by atoms with Gasteiger partial charge in [0.2, 0.25) is 5.95 Å². The van der Waals surface area contributed by atoms with Gasteiger partial charge in [-0.3, -0.25) is 0 Å². The van der Waals surface area contributed by atoms with Crippen molar-refractivity contribution in [1.29, 1.82) is 0 Å². The van der Waals surface area contributed by atoms with E-state index < -0.39 is 10.2 Å². The lowest BCUT2D eigenvalue weighted by atomic mass is 10.2. The molecule has 3 aromatic rings. The first-order chi connectivity index (χ1) is 17.7. The van der Waals surface area contributed by atoms with Crippen molar-refractivity contribution in [2.45, 2.75) is 20.4 Å². The highest BCUT2D eigenvalue weighted by atomic mass is 32.2. The predicted molar refractivity (Wildman–Crippen MR) is 150 cm³/mol. The number of aromatic nitrogens is 2. The number of piperazine rings is 1. The van der Waals surface area contributed by atoms with Crippen molar-refractivity contribution in [1.82, 2.24) is 23.9 Å². The molecule has 1 aromatic heterocycles. The van der Waals surface area contributed by atoms with Crippen LogP contribution < -0.4 is 20.3 Å². The van der Waals surface area contributed by atoms with Gasteiger partial charge in [0.1, 0.15) is 5.82 Å². The van der Waals surface area contributed by atoms with Gasteiger partial charge < -0.3 is 20.4 Å². The number of aryl methyl sites for hydroxylation is 1. The van der Waals surface area contributed by atoms with Crippen molar-refractivity contribution < 1.29 is 8.42 Å². The van der Waals surface area contributed by atoms with Crippen molar-refractivity contribution in [3.8, 4) is 0 Å². The van der Waals surface area contributed by atoms with Crippen LogP contribution in [0.3, 0.4) is 0 Å². The van der Waals surface area contributed by atoms with E-state index >= 15 is 0 Å². The van der Waals surface area contributed by atoms with Gasteiger partial charge in [-0.2, -0.15) is 22.4 Å². The summed E-state index contributed by atoms with van der Waals surface area (Å²) in [6, 6.07) is 15.9. The molecule has 0 bridgehead atoms. The lowest BCUT2D eigenvalue weighted by Crippen LogP contribution is -2.46. The van der Waals surface area contributed by atoms with Gasteiger partial charge in [-0.15, -0.1) is 0 Å².